The molecule has 2 aromatic heterocycles. The summed E-state index contributed by atoms with van der Waals surface area (Å²) in [5.41, 5.74) is 1.77. The standard InChI is InChI=1S/C24H23ClFN3O4/c25-22-12-16-10-19(28-20(16)13-27-22)21(30)11-17(9-14-1-3-18(26)4-2-14)23(31)29-7-5-15(6-8-29)24(32)33/h1-4,10,12-13,15,17,28H,5-9,11H2,(H,32,33)/t17-/m1/s1. The van der Waals surface area contributed by atoms with Crippen LogP contribution in [0.25, 0.3) is 10.9 Å². The zero-order chi connectivity index (χ0) is 23.5. The fourth-order valence-corrected chi connectivity index (χ4v) is 4.41. The molecule has 0 aliphatic carbocycles. The summed E-state index contributed by atoms with van der Waals surface area (Å²) >= 11 is 5.93. The number of piperidine rings is 1. The number of aromatic amines is 1. The van der Waals surface area contributed by atoms with E-state index in [4.69, 9.17) is 11.6 Å². The Kier molecular flexibility index (Phi) is 6.74. The minimum absolute atomic E-state index is 0.0386. The number of fused-ring (bicyclic) bond motifs is 1. The third-order valence-corrected chi connectivity index (χ3v) is 6.31. The zero-order valence-corrected chi connectivity index (χ0v) is 18.5. The molecule has 1 fully saturated rings. The van der Waals surface area contributed by atoms with Gasteiger partial charge in [-0.2, -0.15) is 0 Å². The Morgan fingerprint density at radius 2 is 1.88 bits per heavy atom. The molecule has 33 heavy (non-hydrogen) atoms. The van der Waals surface area contributed by atoms with E-state index in [1.807, 2.05) is 0 Å². The van der Waals surface area contributed by atoms with Crippen LogP contribution in [0.2, 0.25) is 5.15 Å². The Labute approximate surface area is 194 Å². The number of nitrogens with one attached hydrogen (secondary N) is 1. The van der Waals surface area contributed by atoms with E-state index < -0.39 is 17.8 Å². The monoisotopic (exact) mass is 471 g/mol. The van der Waals surface area contributed by atoms with Crippen LogP contribution in [0.5, 0.6) is 0 Å². The second-order valence-corrected chi connectivity index (χ2v) is 8.76. The number of carbonyl (C=O) groups is 3. The number of amides is 1. The Bertz CT molecular complexity index is 1190. The van der Waals surface area contributed by atoms with E-state index in [0.29, 0.717) is 42.3 Å². The van der Waals surface area contributed by atoms with Crippen molar-refractivity contribution in [2.45, 2.75) is 25.7 Å². The third-order valence-electron chi connectivity index (χ3n) is 6.10. The summed E-state index contributed by atoms with van der Waals surface area (Å²) in [4.78, 5) is 46.3. The number of aliphatic carboxylic acids is 1. The van der Waals surface area contributed by atoms with E-state index in [9.17, 15) is 23.9 Å². The summed E-state index contributed by atoms with van der Waals surface area (Å²) in [6.45, 7) is 0.668. The molecule has 1 aliphatic rings. The van der Waals surface area contributed by atoms with Gasteiger partial charge in [0.1, 0.15) is 11.0 Å². The van der Waals surface area contributed by atoms with Crippen molar-refractivity contribution in [3.8, 4) is 0 Å². The van der Waals surface area contributed by atoms with Crippen molar-refractivity contribution in [3.05, 3.63) is 64.8 Å². The van der Waals surface area contributed by atoms with E-state index in [1.165, 1.54) is 12.1 Å². The number of carbonyl (C=O) groups excluding carboxylic acids is 2. The number of rotatable bonds is 7. The Balaban J connectivity index is 1.53. The second-order valence-electron chi connectivity index (χ2n) is 8.37. The number of benzene rings is 1. The summed E-state index contributed by atoms with van der Waals surface area (Å²) < 4.78 is 13.3. The first-order valence-electron chi connectivity index (χ1n) is 10.7. The fourth-order valence-electron chi connectivity index (χ4n) is 4.25. The van der Waals surface area contributed by atoms with Crippen molar-refractivity contribution in [2.24, 2.45) is 11.8 Å². The number of carboxylic acids is 1. The van der Waals surface area contributed by atoms with Gasteiger partial charge in [-0.15, -0.1) is 0 Å². The van der Waals surface area contributed by atoms with Crippen LogP contribution in [-0.2, 0) is 16.0 Å². The predicted octanol–water partition coefficient (Wildman–Crippen LogP) is 4.11. The first kappa shape index (κ1) is 22.9. The quantitative estimate of drug-likeness (QED) is 0.398. The topological polar surface area (TPSA) is 103 Å². The smallest absolute Gasteiger partial charge is 0.306 e. The molecular weight excluding hydrogens is 449 g/mol. The Morgan fingerprint density at radius 3 is 2.55 bits per heavy atom. The molecule has 9 heteroatoms. The number of aromatic nitrogens is 2. The molecule has 1 saturated heterocycles. The van der Waals surface area contributed by atoms with E-state index in [1.54, 1.807) is 35.4 Å². The van der Waals surface area contributed by atoms with Gasteiger partial charge in [0.2, 0.25) is 5.91 Å². The van der Waals surface area contributed by atoms with E-state index in [-0.39, 0.29) is 30.3 Å². The summed E-state index contributed by atoms with van der Waals surface area (Å²) in [6, 6.07) is 9.19. The van der Waals surface area contributed by atoms with E-state index in [2.05, 4.69) is 9.97 Å². The van der Waals surface area contributed by atoms with Crippen LogP contribution < -0.4 is 0 Å². The van der Waals surface area contributed by atoms with Crippen LogP contribution in [0.15, 0.2) is 42.6 Å². The van der Waals surface area contributed by atoms with Gasteiger partial charge < -0.3 is 15.0 Å². The zero-order valence-electron chi connectivity index (χ0n) is 17.8. The number of halogens is 2. The van der Waals surface area contributed by atoms with Crippen LogP contribution in [0.3, 0.4) is 0 Å². The lowest BCUT2D eigenvalue weighted by molar-refractivity contribution is -0.146. The van der Waals surface area contributed by atoms with Gasteiger partial charge in [0, 0.05) is 30.8 Å². The molecule has 0 radical (unpaired) electrons. The van der Waals surface area contributed by atoms with Crippen molar-refractivity contribution in [2.75, 3.05) is 13.1 Å². The maximum Gasteiger partial charge on any atom is 0.306 e. The SMILES string of the molecule is O=C(C[C@@H](Cc1ccc(F)cc1)C(=O)N1CCC(C(=O)O)CC1)c1cc2cc(Cl)ncc2[nH]1. The highest BCUT2D eigenvalue weighted by atomic mass is 35.5. The molecule has 4 rings (SSSR count). The summed E-state index contributed by atoms with van der Waals surface area (Å²) in [6.07, 6.45) is 2.55. The predicted molar refractivity (Wildman–Crippen MR) is 121 cm³/mol. The van der Waals surface area contributed by atoms with E-state index >= 15 is 0 Å². The van der Waals surface area contributed by atoms with Crippen LogP contribution in [0.1, 0.15) is 35.3 Å². The highest BCUT2D eigenvalue weighted by molar-refractivity contribution is 6.30. The number of nitrogens with zero attached hydrogens (tertiary/aromatic N) is 2. The molecule has 2 N–H and O–H groups in total. The van der Waals surface area contributed by atoms with Gasteiger partial charge >= 0.3 is 5.97 Å². The first-order valence-corrected chi connectivity index (χ1v) is 11.1. The summed E-state index contributed by atoms with van der Waals surface area (Å²) in [5.74, 6) is -2.77. The first-order chi connectivity index (χ1) is 15.8. The Morgan fingerprint density at radius 1 is 1.18 bits per heavy atom. The van der Waals surface area contributed by atoms with Gasteiger partial charge in [0.05, 0.1) is 23.3 Å². The molecule has 172 valence electrons. The molecule has 0 spiro atoms. The normalized spacial score (nSPS) is 15.5. The molecule has 7 nitrogen and oxygen atoms in total. The maximum absolute atomic E-state index is 13.3. The molecule has 1 aliphatic heterocycles. The van der Waals surface area contributed by atoms with Gasteiger partial charge in [-0.3, -0.25) is 14.4 Å². The molecule has 0 bridgehead atoms. The number of hydrogen-bond acceptors (Lipinski definition) is 4. The lowest BCUT2D eigenvalue weighted by Crippen LogP contribution is -2.44. The Hall–Kier alpha value is -3.26. The molecule has 1 amide bonds. The van der Waals surface area contributed by atoms with Gasteiger partial charge in [0.25, 0.3) is 0 Å². The molecule has 0 unspecified atom stereocenters. The summed E-state index contributed by atoms with van der Waals surface area (Å²) in [5, 5.41) is 10.3. The highest BCUT2D eigenvalue weighted by Crippen LogP contribution is 2.25. The number of pyridine rings is 1. The number of hydrogen-bond donors (Lipinski definition) is 2. The minimum Gasteiger partial charge on any atom is -0.481 e. The lowest BCUT2D eigenvalue weighted by Gasteiger charge is -2.33. The number of H-pyrrole nitrogens is 1. The largest absolute Gasteiger partial charge is 0.481 e. The van der Waals surface area contributed by atoms with Gasteiger partial charge in [-0.25, -0.2) is 9.37 Å². The van der Waals surface area contributed by atoms with Gasteiger partial charge in [-0.1, -0.05) is 23.7 Å². The van der Waals surface area contributed by atoms with Crippen molar-refractivity contribution in [3.63, 3.8) is 0 Å². The second kappa shape index (κ2) is 9.70. The summed E-state index contributed by atoms with van der Waals surface area (Å²) in [7, 11) is 0. The van der Waals surface area contributed by atoms with Crippen molar-refractivity contribution >= 4 is 40.2 Å². The number of Topliss-reactive ketones (excluding diaryl/α,β-unsaturated/α-hetero) is 1. The van der Waals surface area contributed by atoms with Crippen LogP contribution >= 0.6 is 11.6 Å². The van der Waals surface area contributed by atoms with Crippen molar-refractivity contribution < 1.29 is 23.9 Å². The van der Waals surface area contributed by atoms with Crippen LogP contribution in [-0.4, -0.2) is 50.7 Å². The lowest BCUT2D eigenvalue weighted by atomic mass is 9.90. The molecule has 1 atom stereocenters. The van der Waals surface area contributed by atoms with Crippen LogP contribution in [0, 0.1) is 17.7 Å². The third kappa shape index (κ3) is 5.39. The average Bonchev–Trinajstić information content (AvgIpc) is 3.23. The highest BCUT2D eigenvalue weighted by Gasteiger charge is 2.32. The van der Waals surface area contributed by atoms with Crippen LogP contribution in [0.4, 0.5) is 4.39 Å². The molecule has 0 saturated carbocycles. The number of carboxylic acid groups (broad SMARTS) is 1. The molecular formula is C24H23ClFN3O4. The molecule has 1 aromatic carbocycles. The van der Waals surface area contributed by atoms with Gasteiger partial charge in [-0.05, 0) is 49.1 Å². The molecule has 3 aromatic rings. The van der Waals surface area contributed by atoms with Gasteiger partial charge in [0.15, 0.2) is 5.78 Å². The average molecular weight is 472 g/mol. The number of ketones is 1. The number of likely N-dealkylation sites (tertiary alicyclic amines) is 1. The molecule has 3 heterocycles. The maximum atomic E-state index is 13.3. The van der Waals surface area contributed by atoms with E-state index in [0.717, 1.165) is 10.9 Å². The van der Waals surface area contributed by atoms with Crippen molar-refractivity contribution in [1.29, 1.82) is 0 Å². The minimum atomic E-state index is -0.853. The van der Waals surface area contributed by atoms with Crippen molar-refractivity contribution in [1.82, 2.24) is 14.9 Å². The fraction of sp³-hybridized carbons (Fsp3) is 0.333.